The summed E-state index contributed by atoms with van der Waals surface area (Å²) < 4.78 is 73.1. The molecule has 0 bridgehead atoms. The lowest BCUT2D eigenvalue weighted by Gasteiger charge is -2.14. The van der Waals surface area contributed by atoms with Gasteiger partial charge in [0, 0.05) is 5.69 Å². The summed E-state index contributed by atoms with van der Waals surface area (Å²) in [7, 11) is -4.35. The van der Waals surface area contributed by atoms with Gasteiger partial charge in [-0.2, -0.15) is 0 Å². The number of hydrogen-bond donors (Lipinski definition) is 1. The quantitative estimate of drug-likeness (QED) is 0.708. The highest BCUT2D eigenvalue weighted by molar-refractivity contribution is 7.92. The topological polar surface area (TPSA) is 81.7 Å². The Balaban J connectivity index is 2.21. The summed E-state index contributed by atoms with van der Waals surface area (Å²) in [5.74, 6) is -1.41. The lowest BCUT2D eigenvalue weighted by Crippen LogP contribution is -2.20. The average molecular weight is 403 g/mol. The number of anilines is 1. The maximum atomic E-state index is 12.5. The van der Waals surface area contributed by atoms with Crippen molar-refractivity contribution in [3.63, 3.8) is 0 Å². The minimum atomic E-state index is -5.04. The van der Waals surface area contributed by atoms with E-state index in [1.54, 1.807) is 0 Å². The van der Waals surface area contributed by atoms with E-state index in [1.807, 2.05) is 6.92 Å². The number of esters is 1. The van der Waals surface area contributed by atoms with Gasteiger partial charge in [-0.05, 0) is 42.8 Å². The van der Waals surface area contributed by atoms with E-state index in [0.29, 0.717) is 6.42 Å². The zero-order valence-corrected chi connectivity index (χ0v) is 14.9. The van der Waals surface area contributed by atoms with Crippen LogP contribution in [-0.2, 0) is 14.8 Å². The molecular weight excluding hydrogens is 387 g/mol. The molecule has 10 heteroatoms. The molecule has 0 aliphatic carbocycles. The van der Waals surface area contributed by atoms with E-state index >= 15 is 0 Å². The van der Waals surface area contributed by atoms with Gasteiger partial charge in [-0.15, -0.1) is 13.2 Å². The summed E-state index contributed by atoms with van der Waals surface area (Å²) >= 11 is 0. The fraction of sp³-hybridized carbons (Fsp3) is 0.235. The van der Waals surface area contributed by atoms with Gasteiger partial charge in [0.25, 0.3) is 10.0 Å². The van der Waals surface area contributed by atoms with Crippen molar-refractivity contribution < 1.29 is 35.9 Å². The highest BCUT2D eigenvalue weighted by atomic mass is 32.2. The summed E-state index contributed by atoms with van der Waals surface area (Å²) in [5.41, 5.74) is 0.274. The van der Waals surface area contributed by atoms with E-state index in [9.17, 15) is 26.4 Å². The van der Waals surface area contributed by atoms with Gasteiger partial charge in [0.1, 0.15) is 10.6 Å². The monoisotopic (exact) mass is 403 g/mol. The van der Waals surface area contributed by atoms with Crippen LogP contribution in [0.5, 0.6) is 5.75 Å². The third-order valence-electron chi connectivity index (χ3n) is 3.17. The third-order valence-corrected chi connectivity index (χ3v) is 4.60. The van der Waals surface area contributed by atoms with Crippen LogP contribution >= 0.6 is 0 Å². The number of rotatable bonds is 7. The van der Waals surface area contributed by atoms with Crippen molar-refractivity contribution in [2.45, 2.75) is 24.6 Å². The van der Waals surface area contributed by atoms with Gasteiger partial charge < -0.3 is 9.47 Å². The Hall–Kier alpha value is -2.75. The van der Waals surface area contributed by atoms with E-state index < -0.39 is 33.0 Å². The van der Waals surface area contributed by atoms with Crippen molar-refractivity contribution in [1.29, 1.82) is 0 Å². The van der Waals surface area contributed by atoms with Gasteiger partial charge >= 0.3 is 12.3 Å². The molecule has 0 fully saturated rings. The van der Waals surface area contributed by atoms with Crippen LogP contribution in [0.15, 0.2) is 53.4 Å². The highest BCUT2D eigenvalue weighted by Gasteiger charge is 2.34. The van der Waals surface area contributed by atoms with E-state index in [0.717, 1.165) is 12.1 Å². The van der Waals surface area contributed by atoms with Gasteiger partial charge in [0.15, 0.2) is 0 Å². The number of carbonyl (C=O) groups excluding carboxylic acids is 1. The van der Waals surface area contributed by atoms with Gasteiger partial charge in [-0.25, -0.2) is 13.2 Å². The molecule has 0 saturated heterocycles. The van der Waals surface area contributed by atoms with Crippen molar-refractivity contribution >= 4 is 21.7 Å². The van der Waals surface area contributed by atoms with Gasteiger partial charge in [-0.3, -0.25) is 4.72 Å². The number of halogens is 3. The number of benzene rings is 2. The van der Waals surface area contributed by atoms with E-state index in [-0.39, 0.29) is 17.9 Å². The summed E-state index contributed by atoms with van der Waals surface area (Å²) in [5, 5.41) is 0. The minimum absolute atomic E-state index is 0.0591. The Morgan fingerprint density at radius 1 is 1.07 bits per heavy atom. The number of nitrogens with one attached hydrogen (secondary N) is 1. The lowest BCUT2D eigenvalue weighted by molar-refractivity contribution is -0.275. The fourth-order valence-corrected chi connectivity index (χ4v) is 3.23. The van der Waals surface area contributed by atoms with Crippen LogP contribution in [0.25, 0.3) is 0 Å². The predicted octanol–water partition coefficient (Wildman–Crippen LogP) is 3.95. The van der Waals surface area contributed by atoms with E-state index in [4.69, 9.17) is 4.74 Å². The normalized spacial score (nSPS) is 11.7. The Kier molecular flexibility index (Phi) is 6.32. The van der Waals surface area contributed by atoms with Crippen LogP contribution < -0.4 is 9.46 Å². The molecule has 0 unspecified atom stereocenters. The Bertz CT molecular complexity index is 896. The second-order valence-corrected chi connectivity index (χ2v) is 6.96. The van der Waals surface area contributed by atoms with Gasteiger partial charge in [0.2, 0.25) is 0 Å². The first-order chi connectivity index (χ1) is 12.6. The molecule has 0 spiro atoms. The smallest absolute Gasteiger partial charge is 0.462 e. The number of hydrogen-bond acceptors (Lipinski definition) is 5. The standard InChI is InChI=1S/C17H16F3NO5S/c1-2-11-25-16(22)12-7-9-13(10-8-12)21-27(23,24)15-6-4-3-5-14(15)26-17(18,19)20/h3-10,21H,2,11H2,1H3. The number of alkyl halides is 3. The Labute approximate surface area is 154 Å². The number of sulfonamides is 1. The summed E-state index contributed by atoms with van der Waals surface area (Å²) in [6, 6.07) is 9.65. The van der Waals surface area contributed by atoms with Crippen LogP contribution in [0.1, 0.15) is 23.7 Å². The zero-order valence-electron chi connectivity index (χ0n) is 14.1. The van der Waals surface area contributed by atoms with Crippen LogP contribution in [-0.4, -0.2) is 27.4 Å². The lowest BCUT2D eigenvalue weighted by atomic mass is 10.2. The minimum Gasteiger partial charge on any atom is -0.462 e. The van der Waals surface area contributed by atoms with Crippen LogP contribution in [0, 0.1) is 0 Å². The van der Waals surface area contributed by atoms with Crippen molar-refractivity contribution in [2.75, 3.05) is 11.3 Å². The molecule has 2 rings (SSSR count). The molecule has 27 heavy (non-hydrogen) atoms. The molecule has 0 heterocycles. The molecule has 0 saturated carbocycles. The number of ether oxygens (including phenoxy) is 2. The van der Waals surface area contributed by atoms with E-state index in [2.05, 4.69) is 9.46 Å². The fourth-order valence-electron chi connectivity index (χ4n) is 2.04. The highest BCUT2D eigenvalue weighted by Crippen LogP contribution is 2.30. The Morgan fingerprint density at radius 2 is 1.70 bits per heavy atom. The van der Waals surface area contributed by atoms with Crippen molar-refractivity contribution in [3.8, 4) is 5.75 Å². The first-order valence-corrected chi connectivity index (χ1v) is 9.25. The summed E-state index contributed by atoms with van der Waals surface area (Å²) in [6.07, 6.45) is -4.38. The Morgan fingerprint density at radius 3 is 2.30 bits per heavy atom. The molecule has 2 aromatic rings. The maximum absolute atomic E-state index is 12.5. The van der Waals surface area contributed by atoms with Crippen LogP contribution in [0.2, 0.25) is 0 Å². The van der Waals surface area contributed by atoms with Gasteiger partial charge in [-0.1, -0.05) is 19.1 Å². The molecule has 146 valence electrons. The second kappa shape index (κ2) is 8.30. The molecule has 0 atom stereocenters. The second-order valence-electron chi connectivity index (χ2n) is 5.31. The molecule has 0 aliphatic rings. The molecule has 0 aliphatic heterocycles. The van der Waals surface area contributed by atoms with E-state index in [1.165, 1.54) is 36.4 Å². The first-order valence-electron chi connectivity index (χ1n) is 7.77. The zero-order chi connectivity index (χ0) is 20.1. The van der Waals surface area contributed by atoms with Gasteiger partial charge in [0.05, 0.1) is 12.2 Å². The average Bonchev–Trinajstić information content (AvgIpc) is 2.59. The van der Waals surface area contributed by atoms with Crippen LogP contribution in [0.4, 0.5) is 18.9 Å². The molecule has 2 aromatic carbocycles. The van der Waals surface area contributed by atoms with Crippen molar-refractivity contribution in [2.24, 2.45) is 0 Å². The van der Waals surface area contributed by atoms with Crippen molar-refractivity contribution in [1.82, 2.24) is 0 Å². The maximum Gasteiger partial charge on any atom is 0.573 e. The number of carbonyl (C=O) groups is 1. The molecule has 0 aromatic heterocycles. The predicted molar refractivity (Wildman–Crippen MR) is 90.9 cm³/mol. The SMILES string of the molecule is CCCOC(=O)c1ccc(NS(=O)(=O)c2ccccc2OC(F)(F)F)cc1. The van der Waals surface area contributed by atoms with Crippen molar-refractivity contribution in [3.05, 3.63) is 54.1 Å². The molecule has 1 N–H and O–H groups in total. The largest absolute Gasteiger partial charge is 0.573 e. The summed E-state index contributed by atoms with van der Waals surface area (Å²) in [4.78, 5) is 11.0. The number of para-hydroxylation sites is 1. The summed E-state index contributed by atoms with van der Waals surface area (Å²) in [6.45, 7) is 2.09. The third kappa shape index (κ3) is 5.88. The molecule has 0 amide bonds. The molecular formula is C17H16F3NO5S. The first kappa shape index (κ1) is 20.6. The molecule has 6 nitrogen and oxygen atoms in total. The van der Waals surface area contributed by atoms with Crippen LogP contribution in [0.3, 0.4) is 0 Å². The molecule has 0 radical (unpaired) electrons.